The molecule has 0 fully saturated rings. The third-order valence-corrected chi connectivity index (χ3v) is 5.27. The fourth-order valence-electron chi connectivity index (χ4n) is 2.10. The molecule has 1 amide bonds. The third kappa shape index (κ3) is 7.04. The van der Waals surface area contributed by atoms with Crippen LogP contribution in [-0.2, 0) is 24.8 Å². The second kappa shape index (κ2) is 9.21. The molecule has 0 aromatic heterocycles. The molecule has 1 aromatic carbocycles. The van der Waals surface area contributed by atoms with Crippen LogP contribution in [0.2, 0.25) is 0 Å². The number of hydrogen-bond donors (Lipinski definition) is 1. The van der Waals surface area contributed by atoms with E-state index in [1.165, 1.54) is 0 Å². The van der Waals surface area contributed by atoms with E-state index in [0.29, 0.717) is 6.42 Å². The van der Waals surface area contributed by atoms with Crippen LogP contribution >= 0.6 is 7.60 Å². The molecule has 0 radical (unpaired) electrons. The Kier molecular flexibility index (Phi) is 7.94. The lowest BCUT2D eigenvalue weighted by Crippen LogP contribution is -2.40. The van der Waals surface area contributed by atoms with E-state index in [1.54, 1.807) is 34.6 Å². The predicted molar refractivity (Wildman–Crippen MR) is 94.2 cm³/mol. The minimum Gasteiger partial charge on any atom is -0.444 e. The number of nitrogens with one attached hydrogen (secondary N) is 1. The number of carbonyl (C=O) groups excluding carboxylic acids is 1. The van der Waals surface area contributed by atoms with Crippen LogP contribution in [0.25, 0.3) is 0 Å². The van der Waals surface area contributed by atoms with Gasteiger partial charge >= 0.3 is 13.7 Å². The lowest BCUT2D eigenvalue weighted by Gasteiger charge is -2.28. The first-order chi connectivity index (χ1) is 11.2. The first-order valence-corrected chi connectivity index (χ1v) is 9.73. The number of hydrogen-bond acceptors (Lipinski definition) is 5. The van der Waals surface area contributed by atoms with Crippen molar-refractivity contribution in [3.8, 4) is 0 Å². The molecule has 0 aliphatic rings. The van der Waals surface area contributed by atoms with Gasteiger partial charge in [0.1, 0.15) is 11.4 Å². The second-order valence-corrected chi connectivity index (χ2v) is 8.45. The molecule has 0 saturated carbocycles. The minimum absolute atomic E-state index is 0.221. The number of rotatable bonds is 8. The molecule has 7 heteroatoms. The highest BCUT2D eigenvalue weighted by Gasteiger charge is 2.37. The minimum atomic E-state index is -3.53. The maximum atomic E-state index is 13.1. The summed E-state index contributed by atoms with van der Waals surface area (Å²) >= 11 is 0. The largest absolute Gasteiger partial charge is 0.444 e. The highest BCUT2D eigenvalue weighted by Crippen LogP contribution is 2.53. The topological polar surface area (TPSA) is 73.9 Å². The molecule has 0 bridgehead atoms. The average Bonchev–Trinajstić information content (AvgIpc) is 2.46. The van der Waals surface area contributed by atoms with Gasteiger partial charge in [0, 0.05) is 6.42 Å². The van der Waals surface area contributed by atoms with Crippen LogP contribution in [0.15, 0.2) is 30.3 Å². The van der Waals surface area contributed by atoms with Gasteiger partial charge in [-0.2, -0.15) is 0 Å². The molecule has 0 aliphatic heterocycles. The Labute approximate surface area is 144 Å². The summed E-state index contributed by atoms with van der Waals surface area (Å²) in [5.41, 5.74) is 0.265. The summed E-state index contributed by atoms with van der Waals surface area (Å²) in [6.07, 6.45) is -0.333. The van der Waals surface area contributed by atoms with Crippen molar-refractivity contribution in [2.45, 2.75) is 52.4 Å². The zero-order chi connectivity index (χ0) is 18.2. The van der Waals surface area contributed by atoms with Crippen molar-refractivity contribution in [3.63, 3.8) is 0 Å². The molecular formula is C17H28NO5P. The number of carbonyl (C=O) groups is 1. The number of benzene rings is 1. The quantitative estimate of drug-likeness (QED) is 0.700. The Bertz CT molecular complexity index is 546. The van der Waals surface area contributed by atoms with E-state index in [9.17, 15) is 9.36 Å². The van der Waals surface area contributed by atoms with Crippen molar-refractivity contribution in [1.29, 1.82) is 0 Å². The summed E-state index contributed by atoms with van der Waals surface area (Å²) in [4.78, 5) is 12.1. The maximum Gasteiger partial charge on any atom is 0.408 e. The van der Waals surface area contributed by atoms with Gasteiger partial charge in [0.05, 0.1) is 13.2 Å². The zero-order valence-electron chi connectivity index (χ0n) is 15.1. The Hall–Kier alpha value is -1.36. The molecule has 1 rings (SSSR count). The zero-order valence-corrected chi connectivity index (χ0v) is 16.0. The van der Waals surface area contributed by atoms with Gasteiger partial charge in [-0.15, -0.1) is 0 Å². The van der Waals surface area contributed by atoms with E-state index in [-0.39, 0.29) is 13.2 Å². The predicted octanol–water partition coefficient (Wildman–Crippen LogP) is 4.35. The molecule has 1 aromatic rings. The first-order valence-electron chi connectivity index (χ1n) is 8.12. The van der Waals surface area contributed by atoms with Crippen LogP contribution in [0, 0.1) is 0 Å². The molecule has 24 heavy (non-hydrogen) atoms. The van der Waals surface area contributed by atoms with Crippen molar-refractivity contribution in [1.82, 2.24) is 5.32 Å². The Morgan fingerprint density at radius 3 is 2.12 bits per heavy atom. The van der Waals surface area contributed by atoms with Gasteiger partial charge < -0.3 is 19.1 Å². The molecule has 1 atom stereocenters. The summed E-state index contributed by atoms with van der Waals surface area (Å²) in [7, 11) is -3.53. The lowest BCUT2D eigenvalue weighted by atomic mass is 10.1. The fourth-order valence-corrected chi connectivity index (χ4v) is 3.95. The summed E-state index contributed by atoms with van der Waals surface area (Å²) in [6.45, 7) is 9.21. The smallest absolute Gasteiger partial charge is 0.408 e. The van der Waals surface area contributed by atoms with Crippen LogP contribution in [0.1, 0.15) is 40.2 Å². The number of amides is 1. The van der Waals surface area contributed by atoms with Gasteiger partial charge in [-0.05, 0) is 40.2 Å². The van der Waals surface area contributed by atoms with Crippen molar-refractivity contribution in [2.75, 3.05) is 13.2 Å². The Balaban J connectivity index is 3.01. The number of ether oxygens (including phenoxy) is 1. The van der Waals surface area contributed by atoms with Crippen molar-refractivity contribution >= 4 is 13.7 Å². The highest BCUT2D eigenvalue weighted by atomic mass is 31.2. The van der Waals surface area contributed by atoms with Crippen LogP contribution < -0.4 is 5.32 Å². The van der Waals surface area contributed by atoms with Gasteiger partial charge in [0.25, 0.3) is 0 Å². The van der Waals surface area contributed by atoms with Gasteiger partial charge in [0.2, 0.25) is 0 Å². The average molecular weight is 357 g/mol. The monoisotopic (exact) mass is 357 g/mol. The van der Waals surface area contributed by atoms with E-state index in [1.807, 2.05) is 30.3 Å². The van der Waals surface area contributed by atoms with Gasteiger partial charge in [-0.1, -0.05) is 30.3 Å². The molecule has 0 aliphatic carbocycles. The van der Waals surface area contributed by atoms with Crippen LogP contribution in [0.3, 0.4) is 0 Å². The molecule has 1 N–H and O–H groups in total. The standard InChI is InChI=1S/C17H28NO5P/c1-6-21-24(20,22-7-2)15(13-14-11-9-8-10-12-14)18-16(19)23-17(3,4)5/h8-12,15H,6-7,13H2,1-5H3,(H,18,19)/t15-/m0/s1. The summed E-state index contributed by atoms with van der Waals surface area (Å²) in [5.74, 6) is -0.824. The lowest BCUT2D eigenvalue weighted by molar-refractivity contribution is 0.0509. The van der Waals surface area contributed by atoms with Gasteiger partial charge in [-0.3, -0.25) is 4.57 Å². The maximum absolute atomic E-state index is 13.1. The van der Waals surface area contributed by atoms with Crippen LogP contribution in [0.4, 0.5) is 4.79 Å². The fraction of sp³-hybridized carbons (Fsp3) is 0.588. The molecule has 0 saturated heterocycles. The van der Waals surface area contributed by atoms with Crippen molar-refractivity contribution < 1.29 is 23.1 Å². The van der Waals surface area contributed by atoms with E-state index in [2.05, 4.69) is 5.32 Å². The van der Waals surface area contributed by atoms with Crippen LogP contribution in [-0.4, -0.2) is 30.7 Å². The van der Waals surface area contributed by atoms with E-state index in [0.717, 1.165) is 5.56 Å². The van der Waals surface area contributed by atoms with E-state index in [4.69, 9.17) is 13.8 Å². The van der Waals surface area contributed by atoms with Crippen molar-refractivity contribution in [3.05, 3.63) is 35.9 Å². The third-order valence-electron chi connectivity index (χ3n) is 2.96. The SMILES string of the molecule is CCOP(=O)(OCC)[C@@H](Cc1ccccc1)NC(=O)OC(C)(C)C. The Morgan fingerprint density at radius 1 is 1.12 bits per heavy atom. The highest BCUT2D eigenvalue weighted by molar-refractivity contribution is 7.54. The summed E-state index contributed by atoms with van der Waals surface area (Å²) in [6, 6.07) is 9.45. The second-order valence-electron chi connectivity index (χ2n) is 6.23. The summed E-state index contributed by atoms with van der Waals surface area (Å²) in [5, 5.41) is 2.66. The van der Waals surface area contributed by atoms with Gasteiger partial charge in [-0.25, -0.2) is 4.79 Å². The first kappa shape index (κ1) is 20.7. The molecular weight excluding hydrogens is 329 g/mol. The van der Waals surface area contributed by atoms with E-state index < -0.39 is 25.1 Å². The summed E-state index contributed by atoms with van der Waals surface area (Å²) < 4.78 is 29.2. The molecule has 0 heterocycles. The molecule has 0 spiro atoms. The van der Waals surface area contributed by atoms with E-state index >= 15 is 0 Å². The molecule has 6 nitrogen and oxygen atoms in total. The number of alkyl carbamates (subject to hydrolysis) is 1. The Morgan fingerprint density at radius 2 is 1.67 bits per heavy atom. The van der Waals surface area contributed by atoms with Gasteiger partial charge in [0.15, 0.2) is 0 Å². The van der Waals surface area contributed by atoms with Crippen molar-refractivity contribution in [2.24, 2.45) is 0 Å². The molecule has 0 unspecified atom stereocenters. The van der Waals surface area contributed by atoms with Crippen LogP contribution in [0.5, 0.6) is 0 Å². The normalized spacial score (nSPS) is 13.4. The molecule has 136 valence electrons.